The van der Waals surface area contributed by atoms with E-state index in [0.29, 0.717) is 22.8 Å². The number of aromatic nitrogens is 1. The second-order valence-corrected chi connectivity index (χ2v) is 7.76. The Hall–Kier alpha value is -3.26. The fourth-order valence-electron chi connectivity index (χ4n) is 2.91. The first kappa shape index (κ1) is 18.5. The van der Waals surface area contributed by atoms with Gasteiger partial charge < -0.3 is 14.8 Å². The molecule has 140 valence electrons. The van der Waals surface area contributed by atoms with Crippen LogP contribution >= 0.6 is 0 Å². The molecule has 0 aliphatic rings. The largest absolute Gasteiger partial charge is 0.508 e. The zero-order chi connectivity index (χ0) is 19.8. The summed E-state index contributed by atoms with van der Waals surface area (Å²) in [5.41, 5.74) is 2.24. The Labute approximate surface area is 156 Å². The fourth-order valence-corrected chi connectivity index (χ4v) is 4.01. The van der Waals surface area contributed by atoms with E-state index >= 15 is 0 Å². The normalized spacial score (nSPS) is 11.3. The van der Waals surface area contributed by atoms with Crippen LogP contribution in [0.1, 0.15) is 21.7 Å². The Balaban J connectivity index is 2.01. The summed E-state index contributed by atoms with van der Waals surface area (Å²) in [6, 6.07) is 13.5. The van der Waals surface area contributed by atoms with Gasteiger partial charge in [0.1, 0.15) is 5.75 Å². The van der Waals surface area contributed by atoms with Crippen LogP contribution in [0.15, 0.2) is 59.5 Å². The Bertz CT molecular complexity index is 1120. The van der Waals surface area contributed by atoms with Crippen LogP contribution in [0.5, 0.6) is 5.75 Å². The van der Waals surface area contributed by atoms with E-state index < -0.39 is 16.0 Å². The quantitative estimate of drug-likeness (QED) is 0.583. The molecule has 0 aliphatic heterocycles. The molecule has 2 aromatic carbocycles. The molecule has 0 amide bonds. The van der Waals surface area contributed by atoms with Crippen molar-refractivity contribution < 1.29 is 23.4 Å². The van der Waals surface area contributed by atoms with Crippen LogP contribution in [0.3, 0.4) is 0 Å². The number of aromatic hydroxyl groups is 1. The molecule has 3 aromatic rings. The van der Waals surface area contributed by atoms with Gasteiger partial charge in [0, 0.05) is 22.8 Å². The molecular formula is C19H18N2O5S. The highest BCUT2D eigenvalue weighted by Gasteiger charge is 2.19. The average molecular weight is 386 g/mol. The molecule has 0 spiro atoms. The van der Waals surface area contributed by atoms with Crippen molar-refractivity contribution in [3.8, 4) is 11.4 Å². The minimum absolute atomic E-state index is 0.0349. The fraction of sp³-hybridized carbons (Fsp3) is 0.105. The molecule has 0 bridgehead atoms. The van der Waals surface area contributed by atoms with E-state index in [4.69, 9.17) is 0 Å². The molecule has 7 nitrogen and oxygen atoms in total. The van der Waals surface area contributed by atoms with Crippen molar-refractivity contribution >= 4 is 21.7 Å². The molecule has 3 rings (SSSR count). The number of phenolic OH excluding ortho intramolecular Hbond substituents is 1. The van der Waals surface area contributed by atoms with Crippen molar-refractivity contribution in [3.05, 3.63) is 71.5 Å². The van der Waals surface area contributed by atoms with E-state index in [1.165, 1.54) is 36.4 Å². The van der Waals surface area contributed by atoms with Crippen LogP contribution in [0, 0.1) is 13.8 Å². The maximum absolute atomic E-state index is 12.7. The second-order valence-electron chi connectivity index (χ2n) is 6.08. The highest BCUT2D eigenvalue weighted by molar-refractivity contribution is 7.92. The molecule has 0 atom stereocenters. The number of phenols is 1. The van der Waals surface area contributed by atoms with E-state index in [9.17, 15) is 23.4 Å². The third kappa shape index (κ3) is 3.65. The first-order chi connectivity index (χ1) is 12.7. The Morgan fingerprint density at radius 1 is 1.04 bits per heavy atom. The van der Waals surface area contributed by atoms with E-state index in [-0.39, 0.29) is 16.2 Å². The van der Waals surface area contributed by atoms with Gasteiger partial charge in [0.05, 0.1) is 10.5 Å². The van der Waals surface area contributed by atoms with Gasteiger partial charge in [-0.3, -0.25) is 4.72 Å². The molecule has 1 aromatic heterocycles. The lowest BCUT2D eigenvalue weighted by molar-refractivity contribution is 0.0696. The van der Waals surface area contributed by atoms with Crippen molar-refractivity contribution in [3.63, 3.8) is 0 Å². The topological polar surface area (TPSA) is 109 Å². The lowest BCUT2D eigenvalue weighted by atomic mass is 10.2. The number of nitrogens with one attached hydrogen (secondary N) is 1. The molecule has 0 unspecified atom stereocenters. The second kappa shape index (κ2) is 6.81. The minimum Gasteiger partial charge on any atom is -0.508 e. The number of aromatic carboxylic acids is 1. The number of carboxylic acids is 1. The van der Waals surface area contributed by atoms with Crippen molar-refractivity contribution in [1.82, 2.24) is 4.57 Å². The van der Waals surface area contributed by atoms with Gasteiger partial charge in [0.15, 0.2) is 0 Å². The standard InChI is InChI=1S/C19H18N2O5S/c1-12-10-18(19(23)24)13(2)21(12)15-4-3-5-17(11-15)27(25,26)20-14-6-8-16(22)9-7-14/h3-11,20,22H,1-2H3,(H,23,24). The number of rotatable bonds is 5. The Morgan fingerprint density at radius 2 is 1.70 bits per heavy atom. The van der Waals surface area contributed by atoms with Gasteiger partial charge in [-0.25, -0.2) is 13.2 Å². The van der Waals surface area contributed by atoms with Crippen LogP contribution in [0.2, 0.25) is 0 Å². The smallest absolute Gasteiger partial charge is 0.337 e. The van der Waals surface area contributed by atoms with Crippen LogP contribution in [0.4, 0.5) is 5.69 Å². The monoisotopic (exact) mass is 386 g/mol. The van der Waals surface area contributed by atoms with E-state index in [1.54, 1.807) is 36.6 Å². The van der Waals surface area contributed by atoms with Crippen molar-refractivity contribution in [2.24, 2.45) is 0 Å². The van der Waals surface area contributed by atoms with E-state index in [2.05, 4.69) is 4.72 Å². The maximum Gasteiger partial charge on any atom is 0.337 e. The summed E-state index contributed by atoms with van der Waals surface area (Å²) in [6.07, 6.45) is 0. The number of carbonyl (C=O) groups is 1. The van der Waals surface area contributed by atoms with Gasteiger partial charge in [-0.1, -0.05) is 6.07 Å². The van der Waals surface area contributed by atoms with Crippen LogP contribution < -0.4 is 4.72 Å². The number of hydrogen-bond acceptors (Lipinski definition) is 4. The molecule has 0 radical (unpaired) electrons. The minimum atomic E-state index is -3.85. The van der Waals surface area contributed by atoms with Gasteiger partial charge in [0.2, 0.25) is 0 Å². The van der Waals surface area contributed by atoms with Gasteiger partial charge in [-0.2, -0.15) is 0 Å². The predicted molar refractivity (Wildman–Crippen MR) is 101 cm³/mol. The molecule has 1 heterocycles. The first-order valence-corrected chi connectivity index (χ1v) is 9.52. The van der Waals surface area contributed by atoms with Gasteiger partial charge in [-0.15, -0.1) is 0 Å². The molecule has 0 fully saturated rings. The third-order valence-corrected chi connectivity index (χ3v) is 5.55. The summed E-state index contributed by atoms with van der Waals surface area (Å²) < 4.78 is 29.5. The lowest BCUT2D eigenvalue weighted by Crippen LogP contribution is -2.13. The molecule has 0 saturated carbocycles. The summed E-state index contributed by atoms with van der Waals surface area (Å²) >= 11 is 0. The van der Waals surface area contributed by atoms with E-state index in [1.807, 2.05) is 0 Å². The number of nitrogens with zero attached hydrogens (tertiary/aromatic N) is 1. The maximum atomic E-state index is 12.7. The zero-order valence-electron chi connectivity index (χ0n) is 14.7. The zero-order valence-corrected chi connectivity index (χ0v) is 15.5. The van der Waals surface area contributed by atoms with Crippen LogP contribution in [-0.2, 0) is 10.0 Å². The third-order valence-electron chi connectivity index (χ3n) is 4.17. The Morgan fingerprint density at radius 3 is 2.30 bits per heavy atom. The number of aryl methyl sites for hydroxylation is 1. The van der Waals surface area contributed by atoms with Crippen molar-refractivity contribution in [2.45, 2.75) is 18.7 Å². The molecule has 27 heavy (non-hydrogen) atoms. The van der Waals surface area contributed by atoms with Crippen LogP contribution in [0.25, 0.3) is 5.69 Å². The van der Waals surface area contributed by atoms with Gasteiger partial charge >= 0.3 is 5.97 Å². The Kier molecular flexibility index (Phi) is 4.67. The van der Waals surface area contributed by atoms with Crippen molar-refractivity contribution in [2.75, 3.05) is 4.72 Å². The number of carboxylic acid groups (broad SMARTS) is 1. The number of sulfonamides is 1. The number of anilines is 1. The summed E-state index contributed by atoms with van der Waals surface area (Å²) in [7, 11) is -3.85. The molecule has 8 heteroatoms. The van der Waals surface area contributed by atoms with Gasteiger partial charge in [0.25, 0.3) is 10.0 Å². The molecular weight excluding hydrogens is 368 g/mol. The summed E-state index contributed by atoms with van der Waals surface area (Å²) in [4.78, 5) is 11.4. The SMILES string of the molecule is Cc1cc(C(=O)O)c(C)n1-c1cccc(S(=O)(=O)Nc2ccc(O)cc2)c1. The highest BCUT2D eigenvalue weighted by atomic mass is 32.2. The van der Waals surface area contributed by atoms with Gasteiger partial charge in [-0.05, 0) is 62.4 Å². The lowest BCUT2D eigenvalue weighted by Gasteiger charge is -2.13. The molecule has 0 saturated heterocycles. The van der Waals surface area contributed by atoms with E-state index in [0.717, 1.165) is 0 Å². The summed E-state index contributed by atoms with van der Waals surface area (Å²) in [5, 5.41) is 18.6. The van der Waals surface area contributed by atoms with Crippen LogP contribution in [-0.4, -0.2) is 29.2 Å². The predicted octanol–water partition coefficient (Wildman–Crippen LogP) is 3.30. The summed E-state index contributed by atoms with van der Waals surface area (Å²) in [5.74, 6) is -1.00. The highest BCUT2D eigenvalue weighted by Crippen LogP contribution is 2.24. The molecule has 3 N–H and O–H groups in total. The average Bonchev–Trinajstić information content (AvgIpc) is 2.91. The number of benzene rings is 2. The summed E-state index contributed by atoms with van der Waals surface area (Å²) in [6.45, 7) is 3.43. The molecule has 0 aliphatic carbocycles. The first-order valence-electron chi connectivity index (χ1n) is 8.03. The number of hydrogen-bond donors (Lipinski definition) is 3. The van der Waals surface area contributed by atoms with Crippen molar-refractivity contribution in [1.29, 1.82) is 0 Å².